The fourth-order valence-electron chi connectivity index (χ4n) is 4.32. The standard InChI is InChI=1S/C23H30N4O2/c1-4-5-6-7-12-29-17-10-8-16(9-11-17)21-20-18(13-23(2,3)14-19(20)28)26-22-24-15-25-27(21)22/h8-11,15,21H,4-7,12-14H2,1-3H3,(H,24,25,26)/t21-/m1/s1. The van der Waals surface area contributed by atoms with Crippen molar-refractivity contribution >= 4 is 11.7 Å². The van der Waals surface area contributed by atoms with Crippen LogP contribution in [0.1, 0.15) is 70.9 Å². The van der Waals surface area contributed by atoms with Gasteiger partial charge < -0.3 is 10.1 Å². The molecule has 2 heterocycles. The molecule has 1 atom stereocenters. The Morgan fingerprint density at radius 2 is 1.97 bits per heavy atom. The highest BCUT2D eigenvalue weighted by atomic mass is 16.5. The Morgan fingerprint density at radius 1 is 1.17 bits per heavy atom. The van der Waals surface area contributed by atoms with Crippen LogP contribution in [0.5, 0.6) is 5.75 Å². The predicted octanol–water partition coefficient (Wildman–Crippen LogP) is 4.90. The molecule has 0 fully saturated rings. The Labute approximate surface area is 172 Å². The van der Waals surface area contributed by atoms with Crippen LogP contribution in [0.4, 0.5) is 5.95 Å². The van der Waals surface area contributed by atoms with E-state index in [2.05, 4.69) is 36.2 Å². The predicted molar refractivity (Wildman–Crippen MR) is 113 cm³/mol. The SMILES string of the molecule is CCCCCCOc1ccc([C@@H]2C3=C(CC(C)(C)CC3=O)Nc3ncnn32)cc1. The maximum absolute atomic E-state index is 13.1. The number of nitrogens with one attached hydrogen (secondary N) is 1. The number of hydrogen-bond donors (Lipinski definition) is 1. The van der Waals surface area contributed by atoms with Crippen molar-refractivity contribution < 1.29 is 9.53 Å². The molecule has 0 spiro atoms. The lowest BCUT2D eigenvalue weighted by atomic mass is 9.73. The molecule has 6 nitrogen and oxygen atoms in total. The summed E-state index contributed by atoms with van der Waals surface area (Å²) in [5.74, 6) is 1.74. The summed E-state index contributed by atoms with van der Waals surface area (Å²) in [7, 11) is 0. The van der Waals surface area contributed by atoms with Crippen LogP contribution in [0.3, 0.4) is 0 Å². The number of allylic oxidation sites excluding steroid dienone is 2. The monoisotopic (exact) mass is 394 g/mol. The smallest absolute Gasteiger partial charge is 0.226 e. The van der Waals surface area contributed by atoms with E-state index in [9.17, 15) is 4.79 Å². The van der Waals surface area contributed by atoms with Gasteiger partial charge in [0.15, 0.2) is 5.78 Å². The molecule has 0 saturated carbocycles. The highest BCUT2D eigenvalue weighted by Crippen LogP contribution is 2.45. The Kier molecular flexibility index (Phi) is 5.43. The van der Waals surface area contributed by atoms with E-state index in [-0.39, 0.29) is 17.2 Å². The molecule has 0 saturated heterocycles. The summed E-state index contributed by atoms with van der Waals surface area (Å²) in [5.41, 5.74) is 2.77. The van der Waals surface area contributed by atoms with E-state index >= 15 is 0 Å². The number of nitrogens with zero attached hydrogens (tertiary/aromatic N) is 3. The zero-order valence-electron chi connectivity index (χ0n) is 17.6. The molecular formula is C23H30N4O2. The molecule has 2 aliphatic rings. The zero-order chi connectivity index (χ0) is 20.4. The molecule has 0 unspecified atom stereocenters. The third kappa shape index (κ3) is 4.07. The van der Waals surface area contributed by atoms with Gasteiger partial charge in [-0.05, 0) is 36.0 Å². The first-order valence-corrected chi connectivity index (χ1v) is 10.6. The lowest BCUT2D eigenvalue weighted by Gasteiger charge is -2.38. The van der Waals surface area contributed by atoms with Gasteiger partial charge in [0.2, 0.25) is 5.95 Å². The first-order valence-electron chi connectivity index (χ1n) is 10.6. The first kappa shape index (κ1) is 19.7. The van der Waals surface area contributed by atoms with E-state index in [0.717, 1.165) is 42.0 Å². The molecule has 154 valence electrons. The molecule has 0 bridgehead atoms. The van der Waals surface area contributed by atoms with Gasteiger partial charge in [0.1, 0.15) is 18.1 Å². The summed E-state index contributed by atoms with van der Waals surface area (Å²) in [6.45, 7) is 7.22. The third-order valence-electron chi connectivity index (χ3n) is 5.74. The van der Waals surface area contributed by atoms with Crippen LogP contribution in [0.25, 0.3) is 0 Å². The lowest BCUT2D eigenvalue weighted by Crippen LogP contribution is -2.36. The number of carbonyl (C=O) groups excluding carboxylic acids is 1. The van der Waals surface area contributed by atoms with Gasteiger partial charge in [0.05, 0.1) is 6.61 Å². The van der Waals surface area contributed by atoms with Crippen molar-refractivity contribution in [2.24, 2.45) is 5.41 Å². The number of hydrogen-bond acceptors (Lipinski definition) is 5. The number of benzene rings is 1. The van der Waals surface area contributed by atoms with Crippen LogP contribution in [0.15, 0.2) is 41.9 Å². The van der Waals surface area contributed by atoms with Gasteiger partial charge in [-0.1, -0.05) is 52.2 Å². The zero-order valence-corrected chi connectivity index (χ0v) is 17.6. The Hall–Kier alpha value is -2.63. The van der Waals surface area contributed by atoms with Crippen LogP contribution in [0, 0.1) is 5.41 Å². The second-order valence-electron chi connectivity index (χ2n) is 8.87. The minimum atomic E-state index is -0.244. The number of unbranched alkanes of at least 4 members (excludes halogenated alkanes) is 3. The van der Waals surface area contributed by atoms with Crippen LogP contribution in [-0.4, -0.2) is 27.2 Å². The van der Waals surface area contributed by atoms with Crippen molar-refractivity contribution in [1.82, 2.24) is 14.8 Å². The third-order valence-corrected chi connectivity index (χ3v) is 5.74. The maximum Gasteiger partial charge on any atom is 0.226 e. The fraction of sp³-hybridized carbons (Fsp3) is 0.522. The number of ether oxygens (including phenoxy) is 1. The number of carbonyl (C=O) groups is 1. The summed E-state index contributed by atoms with van der Waals surface area (Å²) in [4.78, 5) is 17.4. The van der Waals surface area contributed by atoms with E-state index in [1.807, 2.05) is 28.9 Å². The summed E-state index contributed by atoms with van der Waals surface area (Å²) >= 11 is 0. The average Bonchev–Trinajstić information content (AvgIpc) is 3.14. The average molecular weight is 395 g/mol. The van der Waals surface area contributed by atoms with Crippen molar-refractivity contribution in [3.63, 3.8) is 0 Å². The van der Waals surface area contributed by atoms with Crippen molar-refractivity contribution in [3.05, 3.63) is 47.4 Å². The van der Waals surface area contributed by atoms with E-state index in [1.54, 1.807) is 0 Å². The number of anilines is 1. The second kappa shape index (κ2) is 8.01. The van der Waals surface area contributed by atoms with Crippen LogP contribution < -0.4 is 10.1 Å². The highest BCUT2D eigenvalue weighted by molar-refractivity contribution is 6.00. The first-order chi connectivity index (χ1) is 14.0. The number of rotatable bonds is 7. The summed E-state index contributed by atoms with van der Waals surface area (Å²) in [5, 5.41) is 7.75. The van der Waals surface area contributed by atoms with Gasteiger partial charge in [-0.25, -0.2) is 4.68 Å². The molecule has 4 rings (SSSR count). The van der Waals surface area contributed by atoms with Crippen LogP contribution in [0.2, 0.25) is 0 Å². The number of fused-ring (bicyclic) bond motifs is 1. The number of ketones is 1. The Bertz CT molecular complexity index is 911. The van der Waals surface area contributed by atoms with Crippen LogP contribution >= 0.6 is 0 Å². The molecule has 1 aliphatic heterocycles. The van der Waals surface area contributed by atoms with Crippen molar-refractivity contribution in [1.29, 1.82) is 0 Å². The van der Waals surface area contributed by atoms with Gasteiger partial charge in [-0.3, -0.25) is 4.79 Å². The van der Waals surface area contributed by atoms with Gasteiger partial charge in [-0.2, -0.15) is 10.1 Å². The number of aromatic nitrogens is 3. The molecule has 0 radical (unpaired) electrons. The largest absolute Gasteiger partial charge is 0.494 e. The van der Waals surface area contributed by atoms with E-state index in [1.165, 1.54) is 25.6 Å². The summed E-state index contributed by atoms with van der Waals surface area (Å²) in [6, 6.07) is 7.82. The molecule has 1 aromatic heterocycles. The van der Waals surface area contributed by atoms with Crippen LogP contribution in [-0.2, 0) is 4.79 Å². The Morgan fingerprint density at radius 3 is 2.72 bits per heavy atom. The van der Waals surface area contributed by atoms with E-state index in [4.69, 9.17) is 4.74 Å². The maximum atomic E-state index is 13.1. The summed E-state index contributed by atoms with van der Waals surface area (Å²) < 4.78 is 7.69. The van der Waals surface area contributed by atoms with Gasteiger partial charge >= 0.3 is 0 Å². The molecule has 1 aliphatic carbocycles. The molecular weight excluding hydrogens is 364 g/mol. The highest BCUT2D eigenvalue weighted by Gasteiger charge is 2.41. The van der Waals surface area contributed by atoms with Crippen molar-refractivity contribution in [2.75, 3.05) is 11.9 Å². The Balaban J connectivity index is 1.58. The fourth-order valence-corrected chi connectivity index (χ4v) is 4.32. The molecule has 6 heteroatoms. The number of Topliss-reactive ketones (excluding diaryl/α,β-unsaturated/α-hetero) is 1. The lowest BCUT2D eigenvalue weighted by molar-refractivity contribution is -0.118. The molecule has 0 amide bonds. The van der Waals surface area contributed by atoms with E-state index < -0.39 is 0 Å². The molecule has 29 heavy (non-hydrogen) atoms. The van der Waals surface area contributed by atoms with Gasteiger partial charge in [-0.15, -0.1) is 0 Å². The quantitative estimate of drug-likeness (QED) is 0.677. The van der Waals surface area contributed by atoms with Gasteiger partial charge in [0.25, 0.3) is 0 Å². The van der Waals surface area contributed by atoms with Gasteiger partial charge in [0, 0.05) is 17.7 Å². The second-order valence-corrected chi connectivity index (χ2v) is 8.87. The van der Waals surface area contributed by atoms with Crippen molar-refractivity contribution in [3.8, 4) is 5.75 Å². The molecule has 1 N–H and O–H groups in total. The topological polar surface area (TPSA) is 69.0 Å². The normalized spacial score (nSPS) is 20.1. The van der Waals surface area contributed by atoms with Crippen molar-refractivity contribution in [2.45, 2.75) is 65.3 Å². The molecule has 2 aromatic rings. The minimum Gasteiger partial charge on any atom is -0.494 e. The molecule has 1 aromatic carbocycles. The van der Waals surface area contributed by atoms with E-state index in [0.29, 0.717) is 12.4 Å². The minimum absolute atomic E-state index is 0.0505. The summed E-state index contributed by atoms with van der Waals surface area (Å²) in [6.07, 6.45) is 7.67.